The average molecular weight is 223 g/mol. The summed E-state index contributed by atoms with van der Waals surface area (Å²) in [4.78, 5) is 11.6. The molecule has 0 aliphatic carbocycles. The highest BCUT2D eigenvalue weighted by Gasteiger charge is 2.12. The molecular formula is C11H11ClN2O. The maximum atomic E-state index is 11.6. The van der Waals surface area contributed by atoms with Crippen molar-refractivity contribution in [2.75, 3.05) is 0 Å². The number of H-pyrrole nitrogens is 1. The molecule has 0 aliphatic heterocycles. The monoisotopic (exact) mass is 222 g/mol. The lowest BCUT2D eigenvalue weighted by molar-refractivity contribution is 0.757. The summed E-state index contributed by atoms with van der Waals surface area (Å²) in [7, 11) is 1.71. The smallest absolute Gasteiger partial charge is 0.273 e. The van der Waals surface area contributed by atoms with Crippen molar-refractivity contribution in [3.05, 3.63) is 45.3 Å². The van der Waals surface area contributed by atoms with Crippen molar-refractivity contribution in [3.8, 4) is 11.1 Å². The molecular weight excluding hydrogens is 212 g/mol. The van der Waals surface area contributed by atoms with Gasteiger partial charge in [0.05, 0.1) is 5.56 Å². The minimum absolute atomic E-state index is 0.161. The van der Waals surface area contributed by atoms with Crippen molar-refractivity contribution in [3.63, 3.8) is 0 Å². The van der Waals surface area contributed by atoms with Gasteiger partial charge in [-0.25, -0.2) is 0 Å². The number of aromatic nitrogens is 2. The number of benzene rings is 1. The fourth-order valence-corrected chi connectivity index (χ4v) is 1.73. The van der Waals surface area contributed by atoms with E-state index < -0.39 is 0 Å². The Morgan fingerprint density at radius 3 is 2.33 bits per heavy atom. The predicted molar refractivity (Wildman–Crippen MR) is 61.2 cm³/mol. The Labute approximate surface area is 92.3 Å². The summed E-state index contributed by atoms with van der Waals surface area (Å²) in [5.41, 5.74) is 2.36. The van der Waals surface area contributed by atoms with E-state index in [9.17, 15) is 4.79 Å². The molecule has 3 nitrogen and oxygen atoms in total. The van der Waals surface area contributed by atoms with Gasteiger partial charge in [0.15, 0.2) is 0 Å². The maximum absolute atomic E-state index is 11.6. The number of nitrogens with one attached hydrogen (secondary N) is 1. The first-order valence-corrected chi connectivity index (χ1v) is 4.99. The number of halogens is 1. The van der Waals surface area contributed by atoms with Gasteiger partial charge < -0.3 is 0 Å². The molecule has 0 amide bonds. The number of aromatic amines is 1. The Bertz CT molecular complexity index is 537. The van der Waals surface area contributed by atoms with Gasteiger partial charge in [-0.05, 0) is 12.5 Å². The molecule has 0 bridgehead atoms. The van der Waals surface area contributed by atoms with Crippen LogP contribution in [0.15, 0.2) is 29.1 Å². The summed E-state index contributed by atoms with van der Waals surface area (Å²) < 4.78 is 1.51. The molecule has 0 atom stereocenters. The Morgan fingerprint density at radius 2 is 1.87 bits per heavy atom. The Kier molecular flexibility index (Phi) is 2.40. The summed E-state index contributed by atoms with van der Waals surface area (Å²) in [6.07, 6.45) is 0. The second-order valence-corrected chi connectivity index (χ2v) is 3.89. The second-order valence-electron chi connectivity index (χ2n) is 3.53. The van der Waals surface area contributed by atoms with E-state index in [4.69, 9.17) is 11.6 Å². The largest absolute Gasteiger partial charge is 0.276 e. The van der Waals surface area contributed by atoms with Crippen LogP contribution in [0.4, 0.5) is 0 Å². The molecule has 0 spiro atoms. The van der Waals surface area contributed by atoms with Crippen molar-refractivity contribution >= 4 is 11.6 Å². The van der Waals surface area contributed by atoms with Crippen molar-refractivity contribution in [2.24, 2.45) is 7.05 Å². The lowest BCUT2D eigenvalue weighted by Gasteiger charge is -1.99. The molecule has 78 valence electrons. The zero-order valence-corrected chi connectivity index (χ0v) is 9.30. The molecule has 0 aliphatic rings. The van der Waals surface area contributed by atoms with Crippen LogP contribution < -0.4 is 5.56 Å². The van der Waals surface area contributed by atoms with Crippen molar-refractivity contribution in [2.45, 2.75) is 6.92 Å². The standard InChI is InChI=1S/C11H11ClN2O/c1-7-3-5-8(6-4-7)9-10(12)14(2)13-11(9)15/h3-6H,1-2H3,(H,13,15). The first kappa shape index (κ1) is 10.1. The fourth-order valence-electron chi connectivity index (χ4n) is 1.49. The first-order chi connectivity index (χ1) is 7.09. The van der Waals surface area contributed by atoms with Gasteiger partial charge in [-0.1, -0.05) is 41.4 Å². The summed E-state index contributed by atoms with van der Waals surface area (Å²) in [5.74, 6) is 0. The van der Waals surface area contributed by atoms with Crippen LogP contribution in [0.3, 0.4) is 0 Å². The van der Waals surface area contributed by atoms with Gasteiger partial charge in [0, 0.05) is 7.05 Å². The molecule has 2 aromatic rings. The van der Waals surface area contributed by atoms with Gasteiger partial charge in [0.2, 0.25) is 0 Å². The van der Waals surface area contributed by atoms with E-state index in [2.05, 4.69) is 5.10 Å². The summed E-state index contributed by atoms with van der Waals surface area (Å²) in [6, 6.07) is 7.70. The number of hydrogen-bond acceptors (Lipinski definition) is 1. The molecule has 1 heterocycles. The average Bonchev–Trinajstić information content (AvgIpc) is 2.44. The molecule has 1 N–H and O–H groups in total. The summed E-state index contributed by atoms with van der Waals surface area (Å²) in [5, 5.41) is 3.05. The maximum Gasteiger partial charge on any atom is 0.273 e. The van der Waals surface area contributed by atoms with Crippen LogP contribution in [0.25, 0.3) is 11.1 Å². The number of aryl methyl sites for hydroxylation is 2. The summed E-state index contributed by atoms with van der Waals surface area (Å²) >= 11 is 6.02. The Morgan fingerprint density at radius 1 is 1.27 bits per heavy atom. The molecule has 4 heteroatoms. The molecule has 1 aromatic heterocycles. The molecule has 2 rings (SSSR count). The SMILES string of the molecule is Cc1ccc(-c2c(Cl)n(C)[nH]c2=O)cc1. The number of rotatable bonds is 1. The Hall–Kier alpha value is -1.48. The summed E-state index contributed by atoms with van der Waals surface area (Å²) in [6.45, 7) is 2.00. The normalized spacial score (nSPS) is 10.6. The van der Waals surface area contributed by atoms with Crippen molar-refractivity contribution in [1.29, 1.82) is 0 Å². The topological polar surface area (TPSA) is 37.8 Å². The van der Waals surface area contributed by atoms with Gasteiger partial charge >= 0.3 is 0 Å². The zero-order chi connectivity index (χ0) is 11.0. The minimum atomic E-state index is -0.161. The van der Waals surface area contributed by atoms with Crippen LogP contribution >= 0.6 is 11.6 Å². The van der Waals surface area contributed by atoms with Crippen LogP contribution in [0, 0.1) is 6.92 Å². The van der Waals surface area contributed by atoms with Crippen molar-refractivity contribution < 1.29 is 0 Å². The second kappa shape index (κ2) is 3.59. The lowest BCUT2D eigenvalue weighted by Crippen LogP contribution is -2.03. The fraction of sp³-hybridized carbons (Fsp3) is 0.182. The van der Waals surface area contributed by atoms with E-state index in [0.29, 0.717) is 10.7 Å². The molecule has 0 saturated heterocycles. The highest BCUT2D eigenvalue weighted by molar-refractivity contribution is 6.32. The van der Waals surface area contributed by atoms with Crippen LogP contribution in [0.5, 0.6) is 0 Å². The van der Waals surface area contributed by atoms with Gasteiger partial charge in [-0.2, -0.15) is 0 Å². The van der Waals surface area contributed by atoms with E-state index in [-0.39, 0.29) is 5.56 Å². The van der Waals surface area contributed by atoms with Gasteiger partial charge in [0.25, 0.3) is 5.56 Å². The van der Waals surface area contributed by atoms with Crippen molar-refractivity contribution in [1.82, 2.24) is 9.78 Å². The van der Waals surface area contributed by atoms with E-state index in [1.807, 2.05) is 31.2 Å². The van der Waals surface area contributed by atoms with Crippen LogP contribution in [-0.4, -0.2) is 9.78 Å². The quantitative estimate of drug-likeness (QED) is 0.790. The molecule has 0 radical (unpaired) electrons. The predicted octanol–water partition coefficient (Wildman–Crippen LogP) is 2.34. The van der Waals surface area contributed by atoms with Gasteiger partial charge in [-0.3, -0.25) is 14.6 Å². The molecule has 0 unspecified atom stereocenters. The zero-order valence-electron chi connectivity index (χ0n) is 8.54. The number of nitrogens with zero attached hydrogens (tertiary/aromatic N) is 1. The van der Waals surface area contributed by atoms with Crippen LogP contribution in [0.1, 0.15) is 5.56 Å². The van der Waals surface area contributed by atoms with E-state index in [0.717, 1.165) is 11.1 Å². The van der Waals surface area contributed by atoms with Crippen LogP contribution in [0.2, 0.25) is 5.15 Å². The number of hydrogen-bond donors (Lipinski definition) is 1. The Balaban J connectivity index is 2.64. The van der Waals surface area contributed by atoms with E-state index in [1.54, 1.807) is 7.05 Å². The van der Waals surface area contributed by atoms with E-state index in [1.165, 1.54) is 4.68 Å². The third-order valence-corrected chi connectivity index (χ3v) is 2.78. The highest BCUT2D eigenvalue weighted by atomic mass is 35.5. The molecule has 15 heavy (non-hydrogen) atoms. The van der Waals surface area contributed by atoms with Crippen LogP contribution in [-0.2, 0) is 7.05 Å². The molecule has 0 saturated carbocycles. The van der Waals surface area contributed by atoms with E-state index >= 15 is 0 Å². The third-order valence-electron chi connectivity index (χ3n) is 2.34. The lowest BCUT2D eigenvalue weighted by atomic mass is 10.1. The minimum Gasteiger partial charge on any atom is -0.276 e. The third kappa shape index (κ3) is 1.70. The molecule has 1 aromatic carbocycles. The molecule has 0 fully saturated rings. The van der Waals surface area contributed by atoms with Gasteiger partial charge in [0.1, 0.15) is 5.15 Å². The highest BCUT2D eigenvalue weighted by Crippen LogP contribution is 2.23. The first-order valence-electron chi connectivity index (χ1n) is 4.61. The van der Waals surface area contributed by atoms with Gasteiger partial charge in [-0.15, -0.1) is 0 Å².